The quantitative estimate of drug-likeness (QED) is 0.903. The molecule has 1 saturated heterocycles. The number of fused-ring (bicyclic) bond motifs is 1. The van der Waals surface area contributed by atoms with Crippen LogP contribution >= 0.6 is 0 Å². The van der Waals surface area contributed by atoms with Crippen molar-refractivity contribution in [3.8, 4) is 0 Å². The minimum atomic E-state index is -0.944. The van der Waals surface area contributed by atoms with Gasteiger partial charge in [-0.2, -0.15) is 0 Å². The predicted octanol–water partition coefficient (Wildman–Crippen LogP) is 1.54. The summed E-state index contributed by atoms with van der Waals surface area (Å²) in [5, 5.41) is 17.2. The van der Waals surface area contributed by atoms with Gasteiger partial charge in [0.25, 0.3) is 0 Å². The normalized spacial score (nSPS) is 19.1. The molecular weight excluding hydrogens is 246 g/mol. The molecule has 19 heavy (non-hydrogen) atoms. The Morgan fingerprint density at radius 3 is 3.11 bits per heavy atom. The first-order valence-electron chi connectivity index (χ1n) is 6.42. The van der Waals surface area contributed by atoms with Gasteiger partial charge < -0.3 is 9.84 Å². The number of rotatable bonds is 4. The molecule has 0 spiro atoms. The third kappa shape index (κ3) is 2.44. The molecule has 2 aromatic rings. The van der Waals surface area contributed by atoms with E-state index < -0.39 is 5.97 Å². The van der Waals surface area contributed by atoms with Crippen LogP contribution in [0.1, 0.15) is 35.4 Å². The van der Waals surface area contributed by atoms with Crippen molar-refractivity contribution in [1.82, 2.24) is 14.6 Å². The van der Waals surface area contributed by atoms with E-state index in [0.29, 0.717) is 11.8 Å². The highest BCUT2D eigenvalue weighted by Gasteiger charge is 2.17. The first-order chi connectivity index (χ1) is 9.24. The van der Waals surface area contributed by atoms with E-state index in [1.54, 1.807) is 16.7 Å². The van der Waals surface area contributed by atoms with E-state index in [1.165, 1.54) is 6.07 Å². The first kappa shape index (κ1) is 12.1. The number of carboxylic acid groups (broad SMARTS) is 1. The Morgan fingerprint density at radius 2 is 2.37 bits per heavy atom. The van der Waals surface area contributed by atoms with Crippen LogP contribution in [-0.4, -0.2) is 38.4 Å². The molecule has 1 fully saturated rings. The summed E-state index contributed by atoms with van der Waals surface area (Å²) in [6.07, 6.45) is 5.73. The molecule has 6 heteroatoms. The molecule has 100 valence electrons. The van der Waals surface area contributed by atoms with E-state index in [0.717, 1.165) is 38.1 Å². The van der Waals surface area contributed by atoms with Gasteiger partial charge in [-0.25, -0.2) is 4.79 Å². The molecule has 1 N–H and O–H groups in total. The van der Waals surface area contributed by atoms with Crippen molar-refractivity contribution in [2.24, 2.45) is 0 Å². The van der Waals surface area contributed by atoms with Crippen molar-refractivity contribution in [1.29, 1.82) is 0 Å². The number of nitrogens with zero attached hydrogens (tertiary/aromatic N) is 3. The Labute approximate surface area is 110 Å². The van der Waals surface area contributed by atoms with E-state index in [1.807, 2.05) is 0 Å². The summed E-state index contributed by atoms with van der Waals surface area (Å²) in [6, 6.07) is 3.21. The van der Waals surface area contributed by atoms with E-state index >= 15 is 0 Å². The number of carbonyl (C=O) groups is 1. The lowest BCUT2D eigenvalue weighted by Crippen LogP contribution is -2.08. The molecule has 0 bridgehead atoms. The van der Waals surface area contributed by atoms with Crippen LogP contribution in [0.15, 0.2) is 18.3 Å². The maximum atomic E-state index is 11.0. The molecular formula is C13H15N3O3. The van der Waals surface area contributed by atoms with Crippen molar-refractivity contribution in [3.63, 3.8) is 0 Å². The van der Waals surface area contributed by atoms with Crippen LogP contribution in [0.25, 0.3) is 5.65 Å². The van der Waals surface area contributed by atoms with Crippen LogP contribution in [0.5, 0.6) is 0 Å². The van der Waals surface area contributed by atoms with Crippen molar-refractivity contribution in [3.05, 3.63) is 29.7 Å². The Morgan fingerprint density at radius 1 is 1.47 bits per heavy atom. The number of carboxylic acids is 1. The van der Waals surface area contributed by atoms with Gasteiger partial charge >= 0.3 is 5.97 Å². The molecule has 0 saturated carbocycles. The fourth-order valence-corrected chi connectivity index (χ4v) is 2.40. The maximum Gasteiger partial charge on any atom is 0.337 e. The second kappa shape index (κ2) is 4.97. The molecule has 1 aliphatic rings. The molecule has 0 aromatic carbocycles. The molecule has 0 radical (unpaired) electrons. The Hall–Kier alpha value is -1.95. The average Bonchev–Trinajstić information content (AvgIpc) is 3.05. The summed E-state index contributed by atoms with van der Waals surface area (Å²) in [4.78, 5) is 11.0. The second-order valence-corrected chi connectivity index (χ2v) is 4.74. The van der Waals surface area contributed by atoms with Crippen LogP contribution in [-0.2, 0) is 11.2 Å². The zero-order valence-electron chi connectivity index (χ0n) is 10.5. The molecule has 6 nitrogen and oxygen atoms in total. The van der Waals surface area contributed by atoms with Crippen LogP contribution in [0.2, 0.25) is 0 Å². The highest BCUT2D eigenvalue weighted by Crippen LogP contribution is 2.17. The third-order valence-electron chi connectivity index (χ3n) is 3.43. The van der Waals surface area contributed by atoms with Crippen molar-refractivity contribution >= 4 is 11.6 Å². The average molecular weight is 261 g/mol. The number of pyridine rings is 1. The smallest absolute Gasteiger partial charge is 0.337 e. The number of hydrogen-bond acceptors (Lipinski definition) is 4. The number of aromatic carboxylic acids is 1. The van der Waals surface area contributed by atoms with Gasteiger partial charge in [0.2, 0.25) is 0 Å². The van der Waals surface area contributed by atoms with E-state index in [9.17, 15) is 4.79 Å². The monoisotopic (exact) mass is 261 g/mol. The van der Waals surface area contributed by atoms with E-state index in [4.69, 9.17) is 9.84 Å². The van der Waals surface area contributed by atoms with E-state index in [-0.39, 0.29) is 5.56 Å². The molecule has 3 rings (SSSR count). The van der Waals surface area contributed by atoms with Gasteiger partial charge in [0.1, 0.15) is 5.82 Å². The fraction of sp³-hybridized carbons (Fsp3) is 0.462. The molecule has 1 atom stereocenters. The molecule has 1 unspecified atom stereocenters. The summed E-state index contributed by atoms with van der Waals surface area (Å²) in [6.45, 7) is 0.842. The summed E-state index contributed by atoms with van der Waals surface area (Å²) >= 11 is 0. The lowest BCUT2D eigenvalue weighted by atomic mass is 10.1. The Kier molecular flexibility index (Phi) is 3.16. The van der Waals surface area contributed by atoms with E-state index in [2.05, 4.69) is 10.2 Å². The van der Waals surface area contributed by atoms with Crippen LogP contribution in [0.3, 0.4) is 0 Å². The highest BCUT2D eigenvalue weighted by molar-refractivity contribution is 5.87. The van der Waals surface area contributed by atoms with Gasteiger partial charge in [0.15, 0.2) is 5.65 Å². The Balaban J connectivity index is 1.81. The molecule has 3 heterocycles. The molecule has 1 aliphatic heterocycles. The standard InChI is InChI=1S/C13H15N3O3/c17-13(18)9-3-5-11-14-15-12(16(11)8-9)6-4-10-2-1-7-19-10/h3,5,8,10H,1-2,4,6-7H2,(H,17,18). The zero-order valence-corrected chi connectivity index (χ0v) is 10.5. The lowest BCUT2D eigenvalue weighted by molar-refractivity contribution is 0.0696. The van der Waals surface area contributed by atoms with Crippen molar-refractivity contribution < 1.29 is 14.6 Å². The zero-order chi connectivity index (χ0) is 13.2. The van der Waals surface area contributed by atoms with Crippen LogP contribution < -0.4 is 0 Å². The number of ether oxygens (including phenoxy) is 1. The predicted molar refractivity (Wildman–Crippen MR) is 67.2 cm³/mol. The van der Waals surface area contributed by atoms with Crippen molar-refractivity contribution in [2.45, 2.75) is 31.8 Å². The minimum absolute atomic E-state index is 0.241. The lowest BCUT2D eigenvalue weighted by Gasteiger charge is -2.07. The van der Waals surface area contributed by atoms with Gasteiger partial charge in [0, 0.05) is 19.2 Å². The summed E-state index contributed by atoms with van der Waals surface area (Å²) < 4.78 is 7.32. The fourth-order valence-electron chi connectivity index (χ4n) is 2.40. The topological polar surface area (TPSA) is 76.7 Å². The number of aryl methyl sites for hydroxylation is 1. The van der Waals surface area contributed by atoms with Crippen LogP contribution in [0, 0.1) is 0 Å². The summed E-state index contributed by atoms with van der Waals surface area (Å²) in [7, 11) is 0. The Bertz CT molecular complexity index is 602. The molecule has 0 aliphatic carbocycles. The SMILES string of the molecule is O=C(O)c1ccc2nnc(CCC3CCCO3)n2c1. The molecule has 0 amide bonds. The van der Waals surface area contributed by atoms with Crippen molar-refractivity contribution in [2.75, 3.05) is 6.61 Å². The van der Waals surface area contributed by atoms with Gasteiger partial charge in [-0.3, -0.25) is 4.40 Å². The third-order valence-corrected chi connectivity index (χ3v) is 3.43. The minimum Gasteiger partial charge on any atom is -0.478 e. The van der Waals surface area contributed by atoms with Gasteiger partial charge in [-0.1, -0.05) is 0 Å². The number of hydrogen-bond donors (Lipinski definition) is 1. The summed E-state index contributed by atoms with van der Waals surface area (Å²) in [5.41, 5.74) is 0.915. The first-order valence-corrected chi connectivity index (χ1v) is 6.42. The molecule has 2 aromatic heterocycles. The van der Waals surface area contributed by atoms with Gasteiger partial charge in [-0.15, -0.1) is 10.2 Å². The van der Waals surface area contributed by atoms with Gasteiger partial charge in [0.05, 0.1) is 11.7 Å². The number of aromatic nitrogens is 3. The van der Waals surface area contributed by atoms with Crippen LogP contribution in [0.4, 0.5) is 0 Å². The summed E-state index contributed by atoms with van der Waals surface area (Å²) in [5.74, 6) is -0.158. The maximum absolute atomic E-state index is 11.0. The largest absolute Gasteiger partial charge is 0.478 e. The highest BCUT2D eigenvalue weighted by atomic mass is 16.5. The second-order valence-electron chi connectivity index (χ2n) is 4.74. The van der Waals surface area contributed by atoms with Gasteiger partial charge in [-0.05, 0) is 31.4 Å².